The molecule has 1 aliphatic carbocycles. The molecular weight excluding hydrogens is 282 g/mol. The van der Waals surface area contributed by atoms with Crippen LogP contribution in [0.2, 0.25) is 5.02 Å². The van der Waals surface area contributed by atoms with E-state index in [-0.39, 0.29) is 0 Å². The van der Waals surface area contributed by atoms with Crippen LogP contribution in [0, 0.1) is 11.8 Å². The first-order valence-electron chi connectivity index (χ1n) is 8.61. The number of hydrogen-bond donors (Lipinski definition) is 1. The second-order valence-corrected chi connectivity index (χ2v) is 6.96. The van der Waals surface area contributed by atoms with Gasteiger partial charge < -0.3 is 5.32 Å². The molecule has 1 aromatic heterocycles. The number of hydrogen-bond acceptors (Lipinski definition) is 2. The van der Waals surface area contributed by atoms with Crippen LogP contribution in [-0.2, 0) is 6.54 Å². The maximum atomic E-state index is 6.48. The van der Waals surface area contributed by atoms with Gasteiger partial charge in [-0.2, -0.15) is 5.10 Å². The van der Waals surface area contributed by atoms with Crippen molar-refractivity contribution < 1.29 is 0 Å². The highest BCUT2D eigenvalue weighted by molar-refractivity contribution is 6.31. The fourth-order valence-corrected chi connectivity index (χ4v) is 3.74. The summed E-state index contributed by atoms with van der Waals surface area (Å²) in [5, 5.41) is 9.07. The molecule has 1 heterocycles. The van der Waals surface area contributed by atoms with Crippen LogP contribution < -0.4 is 5.32 Å². The lowest BCUT2D eigenvalue weighted by atomic mass is 9.78. The van der Waals surface area contributed by atoms with Gasteiger partial charge in [-0.3, -0.25) is 4.68 Å². The van der Waals surface area contributed by atoms with E-state index in [1.165, 1.54) is 31.4 Å². The van der Waals surface area contributed by atoms with Crippen LogP contribution in [0.15, 0.2) is 6.20 Å². The van der Waals surface area contributed by atoms with Crippen LogP contribution in [0.5, 0.6) is 0 Å². The zero-order chi connectivity index (χ0) is 15.2. The lowest BCUT2D eigenvalue weighted by Crippen LogP contribution is -2.33. The second kappa shape index (κ2) is 8.19. The molecular formula is C17H30ClN3. The van der Waals surface area contributed by atoms with Gasteiger partial charge in [0.1, 0.15) is 0 Å². The molecule has 0 bridgehead atoms. The Kier molecular flexibility index (Phi) is 6.56. The summed E-state index contributed by atoms with van der Waals surface area (Å²) < 4.78 is 2.12. The maximum Gasteiger partial charge on any atom is 0.0834 e. The second-order valence-electron chi connectivity index (χ2n) is 6.55. The van der Waals surface area contributed by atoms with E-state index in [2.05, 4.69) is 35.9 Å². The highest BCUT2D eigenvalue weighted by Crippen LogP contribution is 2.38. The molecule has 0 aromatic carbocycles. The zero-order valence-electron chi connectivity index (χ0n) is 13.7. The molecule has 2 rings (SSSR count). The van der Waals surface area contributed by atoms with Crippen molar-refractivity contribution in [2.45, 2.75) is 71.9 Å². The van der Waals surface area contributed by atoms with Crippen molar-refractivity contribution in [3.8, 4) is 0 Å². The van der Waals surface area contributed by atoms with Crippen LogP contribution in [0.3, 0.4) is 0 Å². The molecule has 21 heavy (non-hydrogen) atoms. The topological polar surface area (TPSA) is 29.9 Å². The van der Waals surface area contributed by atoms with Gasteiger partial charge in [-0.25, -0.2) is 0 Å². The molecule has 1 aliphatic rings. The van der Waals surface area contributed by atoms with Crippen LogP contribution in [0.4, 0.5) is 0 Å². The summed E-state index contributed by atoms with van der Waals surface area (Å²) in [5.74, 6) is 1.57. The van der Waals surface area contributed by atoms with Crippen LogP contribution in [0.25, 0.3) is 0 Å². The standard InChI is InChI=1S/C17H30ClN3/c1-4-10-19-16(14-8-6-13(3)7-9-14)17-15(18)12-20-21(17)11-5-2/h12-14,16,19H,4-11H2,1-3H3. The molecule has 1 fully saturated rings. The zero-order valence-corrected chi connectivity index (χ0v) is 14.5. The number of aromatic nitrogens is 2. The van der Waals surface area contributed by atoms with Gasteiger partial charge in [-0.1, -0.05) is 45.2 Å². The average Bonchev–Trinajstić information content (AvgIpc) is 2.83. The molecule has 1 unspecified atom stereocenters. The molecule has 1 atom stereocenters. The molecule has 0 aliphatic heterocycles. The van der Waals surface area contributed by atoms with Gasteiger partial charge >= 0.3 is 0 Å². The third-order valence-electron chi connectivity index (χ3n) is 4.71. The molecule has 4 heteroatoms. The molecule has 120 valence electrons. The van der Waals surface area contributed by atoms with Gasteiger partial charge in [0.25, 0.3) is 0 Å². The smallest absolute Gasteiger partial charge is 0.0834 e. The number of rotatable bonds is 7. The van der Waals surface area contributed by atoms with Crippen LogP contribution in [0.1, 0.15) is 71.0 Å². The van der Waals surface area contributed by atoms with Gasteiger partial charge in [0, 0.05) is 6.54 Å². The van der Waals surface area contributed by atoms with E-state index in [0.29, 0.717) is 12.0 Å². The Morgan fingerprint density at radius 3 is 2.62 bits per heavy atom. The largest absolute Gasteiger partial charge is 0.308 e. The average molecular weight is 312 g/mol. The Hall–Kier alpha value is -0.540. The summed E-state index contributed by atoms with van der Waals surface area (Å²) in [5.41, 5.74) is 1.21. The van der Waals surface area contributed by atoms with E-state index in [4.69, 9.17) is 11.6 Å². The number of aryl methyl sites for hydroxylation is 1. The fraction of sp³-hybridized carbons (Fsp3) is 0.824. The van der Waals surface area contributed by atoms with E-state index in [1.807, 2.05) is 6.20 Å². The Morgan fingerprint density at radius 2 is 2.00 bits per heavy atom. The van der Waals surface area contributed by atoms with E-state index in [1.54, 1.807) is 0 Å². The number of nitrogens with zero attached hydrogens (tertiary/aromatic N) is 2. The van der Waals surface area contributed by atoms with Crippen molar-refractivity contribution in [2.24, 2.45) is 11.8 Å². The molecule has 3 nitrogen and oxygen atoms in total. The highest BCUT2D eigenvalue weighted by atomic mass is 35.5. The summed E-state index contributed by atoms with van der Waals surface area (Å²) in [6, 6.07) is 0.360. The molecule has 1 saturated carbocycles. The van der Waals surface area contributed by atoms with Crippen molar-refractivity contribution >= 4 is 11.6 Å². The first-order valence-corrected chi connectivity index (χ1v) is 8.99. The molecule has 1 aromatic rings. The minimum Gasteiger partial charge on any atom is -0.308 e. The van der Waals surface area contributed by atoms with Crippen LogP contribution >= 0.6 is 11.6 Å². The van der Waals surface area contributed by atoms with E-state index < -0.39 is 0 Å². The minimum absolute atomic E-state index is 0.360. The monoisotopic (exact) mass is 311 g/mol. The Balaban J connectivity index is 2.20. The fourth-order valence-electron chi connectivity index (χ4n) is 3.48. The van der Waals surface area contributed by atoms with Crippen molar-refractivity contribution in [3.05, 3.63) is 16.9 Å². The Labute approximate surface area is 134 Å². The van der Waals surface area contributed by atoms with Crippen molar-refractivity contribution in [1.82, 2.24) is 15.1 Å². The van der Waals surface area contributed by atoms with E-state index >= 15 is 0 Å². The van der Waals surface area contributed by atoms with Crippen molar-refractivity contribution in [3.63, 3.8) is 0 Å². The van der Waals surface area contributed by atoms with Gasteiger partial charge in [0.2, 0.25) is 0 Å². The summed E-state index contributed by atoms with van der Waals surface area (Å²) >= 11 is 6.48. The maximum absolute atomic E-state index is 6.48. The normalized spacial score (nSPS) is 24.2. The summed E-state index contributed by atoms with van der Waals surface area (Å²) in [6.45, 7) is 8.78. The molecule has 0 radical (unpaired) electrons. The predicted molar refractivity (Wildman–Crippen MR) is 89.7 cm³/mol. The number of nitrogens with one attached hydrogen (secondary N) is 1. The highest BCUT2D eigenvalue weighted by Gasteiger charge is 2.30. The number of halogens is 1. The lowest BCUT2D eigenvalue weighted by Gasteiger charge is -2.34. The Bertz CT molecular complexity index is 422. The van der Waals surface area contributed by atoms with Crippen molar-refractivity contribution in [1.29, 1.82) is 0 Å². The van der Waals surface area contributed by atoms with E-state index in [0.717, 1.165) is 36.9 Å². The van der Waals surface area contributed by atoms with Crippen molar-refractivity contribution in [2.75, 3.05) is 6.54 Å². The molecule has 1 N–H and O–H groups in total. The van der Waals surface area contributed by atoms with Gasteiger partial charge in [-0.15, -0.1) is 0 Å². The molecule has 0 spiro atoms. The van der Waals surface area contributed by atoms with Gasteiger partial charge in [0.15, 0.2) is 0 Å². The quantitative estimate of drug-likeness (QED) is 0.783. The first-order chi connectivity index (χ1) is 10.2. The SMILES string of the molecule is CCCNC(c1c(Cl)cnn1CCC)C1CCC(C)CC1. The lowest BCUT2D eigenvalue weighted by molar-refractivity contribution is 0.224. The molecule has 0 saturated heterocycles. The summed E-state index contributed by atoms with van der Waals surface area (Å²) in [4.78, 5) is 0. The molecule has 0 amide bonds. The van der Waals surface area contributed by atoms with E-state index in [9.17, 15) is 0 Å². The predicted octanol–water partition coefficient (Wildman–Crippen LogP) is 4.81. The Morgan fingerprint density at radius 1 is 1.29 bits per heavy atom. The minimum atomic E-state index is 0.360. The third-order valence-corrected chi connectivity index (χ3v) is 5.00. The van der Waals surface area contributed by atoms with Gasteiger partial charge in [-0.05, 0) is 44.1 Å². The third kappa shape index (κ3) is 4.23. The van der Waals surface area contributed by atoms with Gasteiger partial charge in [0.05, 0.1) is 23.0 Å². The summed E-state index contributed by atoms with van der Waals surface area (Å²) in [7, 11) is 0. The van der Waals surface area contributed by atoms with Crippen LogP contribution in [-0.4, -0.2) is 16.3 Å². The summed E-state index contributed by atoms with van der Waals surface area (Å²) in [6.07, 6.45) is 9.35. The first kappa shape index (κ1) is 16.8.